The predicted molar refractivity (Wildman–Crippen MR) is 219 cm³/mol. The van der Waals surface area contributed by atoms with E-state index in [9.17, 15) is 0 Å². The van der Waals surface area contributed by atoms with Gasteiger partial charge in [0, 0.05) is 43.6 Å². The van der Waals surface area contributed by atoms with Crippen molar-refractivity contribution in [3.05, 3.63) is 173 Å². The first kappa shape index (κ1) is 36.6. The molecule has 0 aliphatic carbocycles. The monoisotopic (exact) mass is 878 g/mol. The van der Waals surface area contributed by atoms with Gasteiger partial charge < -0.3 is 14.4 Å². The number of fused-ring (bicyclic) bond motifs is 4. The minimum Gasteiger partial charge on any atom is -0.486 e. The summed E-state index contributed by atoms with van der Waals surface area (Å²) in [6.45, 7) is 12.6. The Morgan fingerprint density at radius 2 is 1.31 bits per heavy atom. The van der Waals surface area contributed by atoms with Crippen molar-refractivity contribution in [1.82, 2.24) is 15.0 Å². The smallest absolute Gasteiger partial charge is 0.216 e. The molecule has 54 heavy (non-hydrogen) atoms. The van der Waals surface area contributed by atoms with Crippen LogP contribution in [0.4, 0.5) is 0 Å². The molecule has 0 bridgehead atoms. The van der Waals surface area contributed by atoms with E-state index in [0.29, 0.717) is 5.71 Å². The minimum atomic E-state index is 0. The van der Waals surface area contributed by atoms with Crippen LogP contribution in [-0.2, 0) is 20.1 Å². The van der Waals surface area contributed by atoms with Gasteiger partial charge in [-0.2, -0.15) is 0 Å². The van der Waals surface area contributed by atoms with E-state index in [0.717, 1.165) is 50.1 Å². The number of hydrogen-bond donors (Lipinski definition) is 0. The second-order valence-electron chi connectivity index (χ2n) is 13.8. The predicted octanol–water partition coefficient (Wildman–Crippen LogP) is 12.7. The molecule has 5 aromatic carbocycles. The van der Waals surface area contributed by atoms with Crippen LogP contribution in [0.5, 0.6) is 0 Å². The molecular formula is C49H39IrN3O-2. The minimum absolute atomic E-state index is 0. The molecule has 1 radical (unpaired) electrons. The molecule has 0 amide bonds. The zero-order valence-corrected chi connectivity index (χ0v) is 33.6. The van der Waals surface area contributed by atoms with Crippen molar-refractivity contribution in [2.75, 3.05) is 0 Å². The second-order valence-corrected chi connectivity index (χ2v) is 13.8. The summed E-state index contributed by atoms with van der Waals surface area (Å²) in [5.74, 6) is 0. The normalized spacial score (nSPS) is 11.0. The summed E-state index contributed by atoms with van der Waals surface area (Å²) in [7, 11) is 0. The Morgan fingerprint density at radius 1 is 0.556 bits per heavy atom. The third kappa shape index (κ3) is 7.01. The first-order valence-electron chi connectivity index (χ1n) is 17.9. The van der Waals surface area contributed by atoms with Gasteiger partial charge in [0.25, 0.3) is 0 Å². The van der Waals surface area contributed by atoms with Crippen LogP contribution < -0.4 is 0 Å². The number of nitrogens with zero attached hydrogens (tertiary/aromatic N) is 3. The van der Waals surface area contributed by atoms with Crippen molar-refractivity contribution in [3.8, 4) is 44.8 Å². The van der Waals surface area contributed by atoms with Crippen molar-refractivity contribution in [1.29, 1.82) is 0 Å². The van der Waals surface area contributed by atoms with Crippen LogP contribution in [0.15, 0.2) is 132 Å². The molecule has 9 rings (SSSR count). The molecule has 9 aromatic rings. The Hall–Kier alpha value is -5.74. The SMILES string of the molecule is Cc1ccc2c(n1)oc1c(-c3cc(-c4ccc5ccccc5c4C)c(C)cn3)[c-]ccc12.Cc1cnc(-c2[c-]cc(C)c(-c3ccccc3)c2)cc1C.[Ir]. The molecule has 0 aliphatic heterocycles. The molecule has 4 nitrogen and oxygen atoms in total. The van der Waals surface area contributed by atoms with Crippen LogP contribution in [0.2, 0.25) is 0 Å². The van der Waals surface area contributed by atoms with Gasteiger partial charge in [0.1, 0.15) is 0 Å². The largest absolute Gasteiger partial charge is 0.486 e. The zero-order valence-electron chi connectivity index (χ0n) is 31.2. The molecule has 4 aromatic heterocycles. The van der Waals surface area contributed by atoms with Crippen LogP contribution in [0.1, 0.15) is 33.5 Å². The van der Waals surface area contributed by atoms with E-state index in [-0.39, 0.29) is 20.1 Å². The fourth-order valence-electron chi connectivity index (χ4n) is 6.99. The number of aromatic nitrogens is 3. The number of rotatable bonds is 4. The van der Waals surface area contributed by atoms with Crippen LogP contribution in [0, 0.1) is 53.7 Å². The van der Waals surface area contributed by atoms with Crippen LogP contribution in [-0.4, -0.2) is 15.0 Å². The summed E-state index contributed by atoms with van der Waals surface area (Å²) in [6.07, 6.45) is 3.87. The second kappa shape index (κ2) is 15.3. The van der Waals surface area contributed by atoms with E-state index in [1.807, 2.05) is 43.6 Å². The molecule has 0 spiro atoms. The average molecular weight is 878 g/mol. The molecule has 0 aliphatic rings. The summed E-state index contributed by atoms with van der Waals surface area (Å²) < 4.78 is 6.19. The molecule has 0 N–H and O–H groups in total. The van der Waals surface area contributed by atoms with Gasteiger partial charge in [-0.1, -0.05) is 108 Å². The molecule has 0 unspecified atom stereocenters. The van der Waals surface area contributed by atoms with Gasteiger partial charge in [-0.15, -0.1) is 47.5 Å². The number of pyridine rings is 3. The summed E-state index contributed by atoms with van der Waals surface area (Å²) in [4.78, 5) is 13.9. The van der Waals surface area contributed by atoms with Crippen molar-refractivity contribution in [2.45, 2.75) is 41.5 Å². The fraction of sp³-hybridized carbons (Fsp3) is 0.122. The number of benzene rings is 5. The van der Waals surface area contributed by atoms with Crippen molar-refractivity contribution in [2.24, 2.45) is 0 Å². The van der Waals surface area contributed by atoms with Crippen molar-refractivity contribution >= 4 is 32.8 Å². The van der Waals surface area contributed by atoms with Gasteiger partial charge in [0.2, 0.25) is 5.71 Å². The molecule has 4 heterocycles. The number of hydrogen-bond acceptors (Lipinski definition) is 4. The van der Waals surface area contributed by atoms with Gasteiger partial charge in [-0.05, 0) is 102 Å². The van der Waals surface area contributed by atoms with Gasteiger partial charge in [-0.3, -0.25) is 0 Å². The maximum Gasteiger partial charge on any atom is 0.216 e. The van der Waals surface area contributed by atoms with Gasteiger partial charge in [0.15, 0.2) is 0 Å². The Bertz CT molecular complexity index is 2800. The zero-order chi connectivity index (χ0) is 36.6. The quantitative estimate of drug-likeness (QED) is 0.165. The molecular weight excluding hydrogens is 839 g/mol. The van der Waals surface area contributed by atoms with E-state index in [2.05, 4.69) is 148 Å². The van der Waals surface area contributed by atoms with Gasteiger partial charge in [0.05, 0.1) is 5.58 Å². The molecule has 5 heteroatoms. The first-order chi connectivity index (χ1) is 25.7. The maximum absolute atomic E-state index is 6.19. The topological polar surface area (TPSA) is 51.8 Å². The third-order valence-corrected chi connectivity index (χ3v) is 10.2. The summed E-state index contributed by atoms with van der Waals surface area (Å²) >= 11 is 0. The summed E-state index contributed by atoms with van der Waals surface area (Å²) in [5, 5.41) is 4.57. The number of aryl methyl sites for hydroxylation is 6. The van der Waals surface area contributed by atoms with E-state index < -0.39 is 0 Å². The standard InChI is InChI=1S/C29H21N2O.C20H18N.Ir/c1-17-16-30-27(15-26(17)22-14-12-20-7-4-5-8-21(20)19(22)3)25-10-6-9-23-24-13-11-18(2)31-29(24)32-28(23)25;1-14-9-10-18(20-11-15(2)16(3)13-21-20)12-19(14)17-7-5-4-6-8-17;/h4-9,11-16H,1-3H3;4-9,11-13H,1-3H3;/q2*-1;. The Morgan fingerprint density at radius 3 is 2.13 bits per heavy atom. The van der Waals surface area contributed by atoms with Gasteiger partial charge in [-0.25, -0.2) is 4.98 Å². The van der Waals surface area contributed by atoms with Crippen LogP contribution in [0.25, 0.3) is 77.6 Å². The molecule has 0 fully saturated rings. The van der Waals surface area contributed by atoms with E-state index in [4.69, 9.17) is 9.40 Å². The third-order valence-electron chi connectivity index (χ3n) is 10.2. The van der Waals surface area contributed by atoms with Crippen molar-refractivity contribution < 1.29 is 24.5 Å². The van der Waals surface area contributed by atoms with E-state index >= 15 is 0 Å². The summed E-state index contributed by atoms with van der Waals surface area (Å²) in [5.41, 5.74) is 17.1. The van der Waals surface area contributed by atoms with E-state index in [1.54, 1.807) is 0 Å². The molecule has 267 valence electrons. The van der Waals surface area contributed by atoms with Crippen LogP contribution >= 0.6 is 0 Å². The van der Waals surface area contributed by atoms with Crippen molar-refractivity contribution in [3.63, 3.8) is 0 Å². The maximum atomic E-state index is 6.19. The molecule has 0 saturated heterocycles. The van der Waals surface area contributed by atoms with E-state index in [1.165, 1.54) is 55.3 Å². The first-order valence-corrected chi connectivity index (χ1v) is 17.9. The fourth-order valence-corrected chi connectivity index (χ4v) is 6.99. The Kier molecular flexibility index (Phi) is 10.4. The summed E-state index contributed by atoms with van der Waals surface area (Å²) in [6, 6.07) is 46.7. The average Bonchev–Trinajstić information content (AvgIpc) is 3.55. The molecule has 0 atom stereocenters. The Labute approximate surface area is 330 Å². The van der Waals surface area contributed by atoms with Crippen LogP contribution in [0.3, 0.4) is 0 Å². The number of furan rings is 1. The van der Waals surface area contributed by atoms with Gasteiger partial charge >= 0.3 is 0 Å². The Balaban J connectivity index is 0.000000178. The molecule has 0 saturated carbocycles.